The molecule has 2 fully saturated rings. The highest BCUT2D eigenvalue weighted by atomic mass is 16.5. The van der Waals surface area contributed by atoms with Crippen LogP contribution in [-0.2, 0) is 19.7 Å². The number of hydrogen-bond acceptors (Lipinski definition) is 4. The summed E-state index contributed by atoms with van der Waals surface area (Å²) in [7, 11) is 0. The summed E-state index contributed by atoms with van der Waals surface area (Å²) in [6.07, 6.45) is 4.63. The minimum Gasteiger partial charge on any atom is -0.484 e. The highest BCUT2D eigenvalue weighted by Gasteiger charge is 2.41. The van der Waals surface area contributed by atoms with Gasteiger partial charge < -0.3 is 19.7 Å². The summed E-state index contributed by atoms with van der Waals surface area (Å²) in [5.74, 6) is 0.632. The van der Waals surface area contributed by atoms with Crippen LogP contribution in [0.3, 0.4) is 0 Å². The zero-order chi connectivity index (χ0) is 22.4. The molecule has 0 spiro atoms. The molecule has 2 amide bonds. The van der Waals surface area contributed by atoms with Crippen LogP contribution in [0.1, 0.15) is 43.2 Å². The largest absolute Gasteiger partial charge is 0.484 e. The summed E-state index contributed by atoms with van der Waals surface area (Å²) in [6, 6.07) is 15.4. The van der Waals surface area contributed by atoms with E-state index >= 15 is 0 Å². The zero-order valence-electron chi connectivity index (χ0n) is 18.8. The Morgan fingerprint density at radius 3 is 2.28 bits per heavy atom. The summed E-state index contributed by atoms with van der Waals surface area (Å²) in [4.78, 5) is 27.6. The summed E-state index contributed by atoms with van der Waals surface area (Å²) >= 11 is 0. The lowest BCUT2D eigenvalue weighted by Gasteiger charge is -2.36. The number of ether oxygens (including phenoxy) is 2. The SMILES string of the molecule is Cc1ccc(C2(C(=O)Nc3ccc(OCC(=O)N4CCCCC4)cc3)CCOCC2)cc1. The van der Waals surface area contributed by atoms with E-state index in [1.165, 1.54) is 12.0 Å². The van der Waals surface area contributed by atoms with Crippen molar-refractivity contribution < 1.29 is 19.1 Å². The quantitative estimate of drug-likeness (QED) is 0.741. The summed E-state index contributed by atoms with van der Waals surface area (Å²) in [5.41, 5.74) is 2.32. The van der Waals surface area contributed by atoms with Gasteiger partial charge >= 0.3 is 0 Å². The van der Waals surface area contributed by atoms with E-state index in [0.29, 0.717) is 37.5 Å². The number of aryl methyl sites for hydroxylation is 1. The smallest absolute Gasteiger partial charge is 0.260 e. The van der Waals surface area contributed by atoms with Gasteiger partial charge in [-0.1, -0.05) is 29.8 Å². The second-order valence-corrected chi connectivity index (χ2v) is 8.77. The van der Waals surface area contributed by atoms with Crippen molar-refractivity contribution in [2.75, 3.05) is 38.2 Å². The summed E-state index contributed by atoms with van der Waals surface area (Å²) < 4.78 is 11.2. The average Bonchev–Trinajstić information content (AvgIpc) is 2.84. The van der Waals surface area contributed by atoms with E-state index in [4.69, 9.17) is 9.47 Å². The molecule has 0 bridgehead atoms. The maximum Gasteiger partial charge on any atom is 0.260 e. The molecule has 1 N–H and O–H groups in total. The van der Waals surface area contributed by atoms with Crippen LogP contribution in [0.15, 0.2) is 48.5 Å². The molecular formula is C26H32N2O4. The van der Waals surface area contributed by atoms with E-state index in [1.54, 1.807) is 12.1 Å². The van der Waals surface area contributed by atoms with Crippen molar-refractivity contribution in [3.8, 4) is 5.75 Å². The van der Waals surface area contributed by atoms with Gasteiger partial charge in [0.2, 0.25) is 5.91 Å². The number of piperidine rings is 1. The maximum absolute atomic E-state index is 13.4. The summed E-state index contributed by atoms with van der Waals surface area (Å²) in [5, 5.41) is 3.08. The molecule has 32 heavy (non-hydrogen) atoms. The number of rotatable bonds is 6. The molecule has 0 unspecified atom stereocenters. The van der Waals surface area contributed by atoms with Crippen molar-refractivity contribution in [3.05, 3.63) is 59.7 Å². The molecule has 0 aliphatic carbocycles. The van der Waals surface area contributed by atoms with Gasteiger partial charge in [-0.05, 0) is 68.9 Å². The fourth-order valence-electron chi connectivity index (χ4n) is 4.50. The van der Waals surface area contributed by atoms with Crippen LogP contribution in [0.4, 0.5) is 5.69 Å². The van der Waals surface area contributed by atoms with Crippen LogP contribution in [0.2, 0.25) is 0 Å². The second kappa shape index (κ2) is 10.2. The van der Waals surface area contributed by atoms with Gasteiger partial charge in [0.15, 0.2) is 6.61 Å². The fourth-order valence-corrected chi connectivity index (χ4v) is 4.50. The molecule has 6 heteroatoms. The monoisotopic (exact) mass is 436 g/mol. The van der Waals surface area contributed by atoms with E-state index in [2.05, 4.69) is 29.6 Å². The maximum atomic E-state index is 13.4. The van der Waals surface area contributed by atoms with Crippen LogP contribution in [0, 0.1) is 6.92 Å². The van der Waals surface area contributed by atoms with Gasteiger partial charge in [-0.3, -0.25) is 9.59 Å². The third-order valence-corrected chi connectivity index (χ3v) is 6.57. The Labute approximate surface area is 189 Å². The molecule has 0 atom stereocenters. The number of carbonyl (C=O) groups is 2. The van der Waals surface area contributed by atoms with Crippen molar-refractivity contribution in [1.82, 2.24) is 4.90 Å². The number of likely N-dealkylation sites (tertiary alicyclic amines) is 1. The number of hydrogen-bond donors (Lipinski definition) is 1. The van der Waals surface area contributed by atoms with Crippen molar-refractivity contribution in [2.24, 2.45) is 0 Å². The van der Waals surface area contributed by atoms with Gasteiger partial charge in [0, 0.05) is 32.0 Å². The molecular weight excluding hydrogens is 404 g/mol. The first kappa shape index (κ1) is 22.3. The van der Waals surface area contributed by atoms with Crippen LogP contribution < -0.4 is 10.1 Å². The lowest BCUT2D eigenvalue weighted by atomic mass is 9.73. The van der Waals surface area contributed by atoms with Crippen molar-refractivity contribution in [2.45, 2.75) is 44.4 Å². The minimum absolute atomic E-state index is 0.0152. The molecule has 2 saturated heterocycles. The van der Waals surface area contributed by atoms with Gasteiger partial charge in [0.25, 0.3) is 5.91 Å². The highest BCUT2D eigenvalue weighted by molar-refractivity contribution is 5.99. The lowest BCUT2D eigenvalue weighted by molar-refractivity contribution is -0.134. The predicted octanol–water partition coefficient (Wildman–Crippen LogP) is 4.07. The topological polar surface area (TPSA) is 67.9 Å². The van der Waals surface area contributed by atoms with Gasteiger partial charge in [-0.2, -0.15) is 0 Å². The van der Waals surface area contributed by atoms with E-state index in [1.807, 2.05) is 24.0 Å². The van der Waals surface area contributed by atoms with Crippen LogP contribution in [0.25, 0.3) is 0 Å². The molecule has 2 aromatic rings. The molecule has 170 valence electrons. The van der Waals surface area contributed by atoms with Gasteiger partial charge in [0.05, 0.1) is 5.41 Å². The molecule has 2 heterocycles. The highest BCUT2D eigenvalue weighted by Crippen LogP contribution is 2.36. The number of nitrogens with one attached hydrogen (secondary N) is 1. The standard InChI is InChI=1S/C26H32N2O4/c1-20-5-7-21(8-6-20)26(13-17-31-18-14-26)25(30)27-22-9-11-23(12-10-22)32-19-24(29)28-15-3-2-4-16-28/h5-12H,2-4,13-19H2,1H3,(H,27,30). The first-order valence-corrected chi connectivity index (χ1v) is 11.5. The first-order valence-electron chi connectivity index (χ1n) is 11.5. The first-order chi connectivity index (χ1) is 15.6. The molecule has 0 aromatic heterocycles. The van der Waals surface area contributed by atoms with Gasteiger partial charge in [-0.25, -0.2) is 0 Å². The minimum atomic E-state index is -0.595. The number of nitrogens with zero attached hydrogens (tertiary/aromatic N) is 1. The normalized spacial score (nSPS) is 18.1. The van der Waals surface area contributed by atoms with Crippen molar-refractivity contribution in [1.29, 1.82) is 0 Å². The Morgan fingerprint density at radius 1 is 0.969 bits per heavy atom. The Morgan fingerprint density at radius 2 is 1.62 bits per heavy atom. The molecule has 2 aromatic carbocycles. The van der Waals surface area contributed by atoms with E-state index in [9.17, 15) is 9.59 Å². The van der Waals surface area contributed by atoms with Crippen LogP contribution >= 0.6 is 0 Å². The molecule has 2 aliphatic rings. The summed E-state index contributed by atoms with van der Waals surface area (Å²) in [6.45, 7) is 4.87. The Kier molecular flexibility index (Phi) is 7.10. The predicted molar refractivity (Wildman–Crippen MR) is 124 cm³/mol. The molecule has 2 aliphatic heterocycles. The third-order valence-electron chi connectivity index (χ3n) is 6.57. The number of amides is 2. The van der Waals surface area contributed by atoms with Crippen LogP contribution in [-0.4, -0.2) is 49.6 Å². The van der Waals surface area contributed by atoms with E-state index in [-0.39, 0.29) is 18.4 Å². The molecule has 4 rings (SSSR count). The van der Waals surface area contributed by atoms with Crippen molar-refractivity contribution >= 4 is 17.5 Å². The molecule has 0 radical (unpaired) electrons. The lowest BCUT2D eigenvalue weighted by Crippen LogP contribution is -2.44. The molecule has 6 nitrogen and oxygen atoms in total. The number of benzene rings is 2. The van der Waals surface area contributed by atoms with Crippen molar-refractivity contribution in [3.63, 3.8) is 0 Å². The Bertz CT molecular complexity index is 912. The number of anilines is 1. The van der Waals surface area contributed by atoms with E-state index < -0.39 is 5.41 Å². The zero-order valence-corrected chi connectivity index (χ0v) is 18.8. The Hall–Kier alpha value is -2.86. The molecule has 0 saturated carbocycles. The second-order valence-electron chi connectivity index (χ2n) is 8.77. The fraction of sp³-hybridized carbons (Fsp3) is 0.462. The Balaban J connectivity index is 1.38. The number of carbonyl (C=O) groups excluding carboxylic acids is 2. The van der Waals surface area contributed by atoms with Gasteiger partial charge in [0.1, 0.15) is 5.75 Å². The van der Waals surface area contributed by atoms with Gasteiger partial charge in [-0.15, -0.1) is 0 Å². The average molecular weight is 437 g/mol. The van der Waals surface area contributed by atoms with E-state index in [0.717, 1.165) is 31.5 Å². The van der Waals surface area contributed by atoms with Crippen LogP contribution in [0.5, 0.6) is 5.75 Å². The third kappa shape index (κ3) is 5.13.